The molecular formula is C14H19BrN2O2. The van der Waals surface area contributed by atoms with Crippen LogP contribution in [0.4, 0.5) is 5.69 Å². The van der Waals surface area contributed by atoms with Crippen molar-refractivity contribution in [3.8, 4) is 0 Å². The number of primary amides is 1. The molecule has 0 aliphatic heterocycles. The van der Waals surface area contributed by atoms with Crippen LogP contribution in [0.5, 0.6) is 0 Å². The van der Waals surface area contributed by atoms with E-state index in [-0.39, 0.29) is 12.0 Å². The first-order valence-electron chi connectivity index (χ1n) is 6.43. The van der Waals surface area contributed by atoms with Gasteiger partial charge in [0.15, 0.2) is 0 Å². The zero-order valence-corrected chi connectivity index (χ0v) is 12.6. The summed E-state index contributed by atoms with van der Waals surface area (Å²) in [5, 5.41) is 3.33. The van der Waals surface area contributed by atoms with Gasteiger partial charge in [-0.15, -0.1) is 0 Å². The van der Waals surface area contributed by atoms with E-state index in [1.165, 1.54) is 0 Å². The normalized spacial score (nSPS) is 26.9. The first-order chi connectivity index (χ1) is 9.07. The summed E-state index contributed by atoms with van der Waals surface area (Å²) in [6.45, 7) is 0. The highest BCUT2D eigenvalue weighted by Crippen LogP contribution is 2.34. The largest absolute Gasteiger partial charge is 0.381 e. The standard InChI is InChI=1S/C14H19BrN2O2/c1-19-10-6-8-14(9-7-10,13(16)18)17-12-5-3-2-4-11(12)15/h2-5,10,17H,6-9H2,1H3,(H2,16,18). The Hall–Kier alpha value is -1.07. The molecule has 1 aromatic carbocycles. The fourth-order valence-corrected chi connectivity index (χ4v) is 2.96. The SMILES string of the molecule is COC1CCC(Nc2ccccc2Br)(C(N)=O)CC1. The lowest BCUT2D eigenvalue weighted by atomic mass is 9.79. The molecule has 1 fully saturated rings. The highest BCUT2D eigenvalue weighted by Gasteiger charge is 2.40. The van der Waals surface area contributed by atoms with Gasteiger partial charge < -0.3 is 15.8 Å². The topological polar surface area (TPSA) is 64.3 Å². The minimum absolute atomic E-state index is 0.230. The van der Waals surface area contributed by atoms with E-state index in [1.807, 2.05) is 24.3 Å². The van der Waals surface area contributed by atoms with Crippen LogP contribution in [0.1, 0.15) is 25.7 Å². The summed E-state index contributed by atoms with van der Waals surface area (Å²) in [6.07, 6.45) is 3.31. The number of hydrogen-bond donors (Lipinski definition) is 2. The van der Waals surface area contributed by atoms with E-state index in [0.717, 1.165) is 23.0 Å². The first-order valence-corrected chi connectivity index (χ1v) is 7.22. The number of anilines is 1. The molecule has 0 unspecified atom stereocenters. The fourth-order valence-electron chi connectivity index (χ4n) is 2.57. The van der Waals surface area contributed by atoms with Gasteiger partial charge in [-0.3, -0.25) is 4.79 Å². The predicted octanol–water partition coefficient (Wildman–Crippen LogP) is 2.67. The number of amides is 1. The Morgan fingerprint density at radius 3 is 2.58 bits per heavy atom. The number of rotatable bonds is 4. The van der Waals surface area contributed by atoms with Gasteiger partial charge in [0, 0.05) is 17.3 Å². The van der Waals surface area contributed by atoms with Gasteiger partial charge in [-0.1, -0.05) is 12.1 Å². The molecule has 0 radical (unpaired) electrons. The number of carbonyl (C=O) groups is 1. The predicted molar refractivity (Wildman–Crippen MR) is 79.0 cm³/mol. The van der Waals surface area contributed by atoms with Gasteiger partial charge >= 0.3 is 0 Å². The second-order valence-corrected chi connectivity index (χ2v) is 5.84. The number of carbonyl (C=O) groups excluding carboxylic acids is 1. The molecule has 5 heteroatoms. The van der Waals surface area contributed by atoms with Crippen LogP contribution in [0.25, 0.3) is 0 Å². The summed E-state index contributed by atoms with van der Waals surface area (Å²) in [4.78, 5) is 11.9. The fraction of sp³-hybridized carbons (Fsp3) is 0.500. The Morgan fingerprint density at radius 1 is 1.42 bits per heavy atom. The molecule has 0 atom stereocenters. The number of halogens is 1. The van der Waals surface area contributed by atoms with Crippen LogP contribution in [0.3, 0.4) is 0 Å². The molecule has 104 valence electrons. The number of benzene rings is 1. The Morgan fingerprint density at radius 2 is 2.05 bits per heavy atom. The van der Waals surface area contributed by atoms with Crippen molar-refractivity contribution in [2.45, 2.75) is 37.3 Å². The molecule has 19 heavy (non-hydrogen) atoms. The van der Waals surface area contributed by atoms with Crippen molar-refractivity contribution in [3.63, 3.8) is 0 Å². The molecule has 0 bridgehead atoms. The quantitative estimate of drug-likeness (QED) is 0.894. The van der Waals surface area contributed by atoms with Crippen molar-refractivity contribution in [3.05, 3.63) is 28.7 Å². The molecule has 0 spiro atoms. The summed E-state index contributed by atoms with van der Waals surface area (Å²) in [6, 6.07) is 7.76. The van der Waals surface area contributed by atoms with Gasteiger partial charge in [0.1, 0.15) is 5.54 Å². The van der Waals surface area contributed by atoms with Gasteiger partial charge in [0.05, 0.1) is 6.10 Å². The molecule has 1 saturated carbocycles. The Kier molecular flexibility index (Phi) is 4.47. The smallest absolute Gasteiger partial charge is 0.243 e. The zero-order chi connectivity index (χ0) is 13.9. The maximum Gasteiger partial charge on any atom is 0.243 e. The van der Waals surface area contributed by atoms with Gasteiger partial charge in [-0.2, -0.15) is 0 Å². The Balaban J connectivity index is 2.18. The average molecular weight is 327 g/mol. The highest BCUT2D eigenvalue weighted by molar-refractivity contribution is 9.10. The molecular weight excluding hydrogens is 308 g/mol. The molecule has 1 amide bonds. The number of methoxy groups -OCH3 is 1. The second kappa shape index (κ2) is 5.92. The van der Waals surface area contributed by atoms with Crippen molar-refractivity contribution in [2.75, 3.05) is 12.4 Å². The lowest BCUT2D eigenvalue weighted by molar-refractivity contribution is -0.124. The highest BCUT2D eigenvalue weighted by atomic mass is 79.9. The number of para-hydroxylation sites is 1. The number of nitrogens with two attached hydrogens (primary N) is 1. The van der Waals surface area contributed by atoms with Gasteiger partial charge in [-0.25, -0.2) is 0 Å². The lowest BCUT2D eigenvalue weighted by Crippen LogP contribution is -2.53. The van der Waals surface area contributed by atoms with E-state index in [9.17, 15) is 4.79 Å². The number of hydrogen-bond acceptors (Lipinski definition) is 3. The molecule has 0 aromatic heterocycles. The van der Waals surface area contributed by atoms with Gasteiger partial charge in [-0.05, 0) is 53.7 Å². The minimum atomic E-state index is -0.668. The van der Waals surface area contributed by atoms with Crippen molar-refractivity contribution in [1.29, 1.82) is 0 Å². The van der Waals surface area contributed by atoms with Gasteiger partial charge in [0.25, 0.3) is 0 Å². The van der Waals surface area contributed by atoms with Crippen LogP contribution in [0.2, 0.25) is 0 Å². The molecule has 4 nitrogen and oxygen atoms in total. The zero-order valence-electron chi connectivity index (χ0n) is 11.0. The molecule has 2 rings (SSSR count). The summed E-state index contributed by atoms with van der Waals surface area (Å²) in [7, 11) is 1.71. The van der Waals surface area contributed by atoms with Crippen LogP contribution in [0.15, 0.2) is 28.7 Å². The third-order valence-electron chi connectivity index (χ3n) is 3.84. The van der Waals surface area contributed by atoms with Crippen molar-refractivity contribution >= 4 is 27.5 Å². The number of nitrogens with one attached hydrogen (secondary N) is 1. The Labute approximate surface area is 121 Å². The van der Waals surface area contributed by atoms with Gasteiger partial charge in [0.2, 0.25) is 5.91 Å². The Bertz CT molecular complexity index is 457. The molecule has 1 aliphatic rings. The maximum absolute atomic E-state index is 11.9. The molecule has 0 heterocycles. The summed E-state index contributed by atoms with van der Waals surface area (Å²) < 4.78 is 6.28. The summed E-state index contributed by atoms with van der Waals surface area (Å²) in [5.74, 6) is -0.294. The number of ether oxygens (including phenoxy) is 1. The molecule has 1 aliphatic carbocycles. The van der Waals surface area contributed by atoms with Crippen LogP contribution >= 0.6 is 15.9 Å². The van der Waals surface area contributed by atoms with E-state index in [4.69, 9.17) is 10.5 Å². The van der Waals surface area contributed by atoms with E-state index >= 15 is 0 Å². The third-order valence-corrected chi connectivity index (χ3v) is 4.53. The van der Waals surface area contributed by atoms with E-state index in [1.54, 1.807) is 7.11 Å². The van der Waals surface area contributed by atoms with E-state index < -0.39 is 5.54 Å². The first kappa shape index (κ1) is 14.3. The summed E-state index contributed by atoms with van der Waals surface area (Å²) in [5.41, 5.74) is 5.86. The van der Waals surface area contributed by atoms with Crippen molar-refractivity contribution in [2.24, 2.45) is 5.73 Å². The van der Waals surface area contributed by atoms with Crippen LogP contribution < -0.4 is 11.1 Å². The summed E-state index contributed by atoms with van der Waals surface area (Å²) >= 11 is 3.48. The van der Waals surface area contributed by atoms with E-state index in [0.29, 0.717) is 12.8 Å². The van der Waals surface area contributed by atoms with Crippen LogP contribution in [0, 0.1) is 0 Å². The average Bonchev–Trinajstić information content (AvgIpc) is 2.42. The molecule has 0 saturated heterocycles. The maximum atomic E-state index is 11.9. The molecule has 1 aromatic rings. The van der Waals surface area contributed by atoms with Crippen LogP contribution in [-0.2, 0) is 9.53 Å². The monoisotopic (exact) mass is 326 g/mol. The minimum Gasteiger partial charge on any atom is -0.381 e. The van der Waals surface area contributed by atoms with Crippen LogP contribution in [-0.4, -0.2) is 24.7 Å². The van der Waals surface area contributed by atoms with E-state index in [2.05, 4.69) is 21.2 Å². The third kappa shape index (κ3) is 3.09. The molecule has 3 N–H and O–H groups in total. The van der Waals surface area contributed by atoms with Crippen molar-refractivity contribution < 1.29 is 9.53 Å². The second-order valence-electron chi connectivity index (χ2n) is 4.99. The van der Waals surface area contributed by atoms with Crippen molar-refractivity contribution in [1.82, 2.24) is 0 Å². The lowest BCUT2D eigenvalue weighted by Gasteiger charge is -2.38.